The zero-order valence-electron chi connectivity index (χ0n) is 31.8. The summed E-state index contributed by atoms with van der Waals surface area (Å²) in [6.45, 7) is 5.72. The van der Waals surface area contributed by atoms with E-state index in [2.05, 4.69) is 32.1 Å². The van der Waals surface area contributed by atoms with Gasteiger partial charge in [0.25, 0.3) is 0 Å². The van der Waals surface area contributed by atoms with Crippen molar-refractivity contribution in [3.8, 4) is 11.5 Å². The van der Waals surface area contributed by atoms with Crippen LogP contribution in [0.25, 0.3) is 10.8 Å². The normalized spacial score (nSPS) is 37.6. The van der Waals surface area contributed by atoms with Crippen molar-refractivity contribution in [2.75, 3.05) is 26.8 Å². The van der Waals surface area contributed by atoms with Gasteiger partial charge in [0.15, 0.2) is 5.78 Å². The van der Waals surface area contributed by atoms with E-state index in [9.17, 15) is 19.8 Å². The van der Waals surface area contributed by atoms with Crippen molar-refractivity contribution in [3.63, 3.8) is 0 Å². The maximum atomic E-state index is 14.9. The number of Topliss-reactive ketones (excluding diaryl/α,β-unsaturated/α-hetero) is 1. The summed E-state index contributed by atoms with van der Waals surface area (Å²) in [5, 5.41) is 26.2. The highest BCUT2D eigenvalue weighted by Gasteiger charge is 2.74. The van der Waals surface area contributed by atoms with Gasteiger partial charge in [-0.25, -0.2) is 4.79 Å². The van der Waals surface area contributed by atoms with Gasteiger partial charge in [0.1, 0.15) is 11.5 Å². The molecule has 8 nitrogen and oxygen atoms in total. The Morgan fingerprint density at radius 3 is 2.35 bits per heavy atom. The first kappa shape index (κ1) is 35.7. The van der Waals surface area contributed by atoms with Crippen molar-refractivity contribution in [2.24, 2.45) is 33.5 Å². The summed E-state index contributed by atoms with van der Waals surface area (Å²) < 4.78 is 17.5. The summed E-state index contributed by atoms with van der Waals surface area (Å²) in [5.74, 6) is 1.30. The number of hydrogen-bond donors (Lipinski definition) is 2. The molecule has 284 valence electrons. The minimum absolute atomic E-state index is 0.00662. The van der Waals surface area contributed by atoms with Crippen molar-refractivity contribution in [1.29, 1.82) is 0 Å². The van der Waals surface area contributed by atoms with E-state index in [1.165, 1.54) is 0 Å². The van der Waals surface area contributed by atoms with Crippen LogP contribution in [0.1, 0.15) is 82.0 Å². The van der Waals surface area contributed by atoms with Crippen LogP contribution in [0.4, 0.5) is 4.79 Å². The third kappa shape index (κ3) is 5.19. The minimum atomic E-state index is -1.23. The molecule has 0 aromatic heterocycles. The van der Waals surface area contributed by atoms with Crippen LogP contribution in [-0.4, -0.2) is 71.6 Å². The molecule has 1 amide bonds. The molecular weight excluding hydrogens is 679 g/mol. The van der Waals surface area contributed by atoms with Crippen LogP contribution < -0.4 is 9.47 Å². The highest BCUT2D eigenvalue weighted by molar-refractivity contribution is 6.10. The average Bonchev–Trinajstić information content (AvgIpc) is 3.79. The van der Waals surface area contributed by atoms with E-state index in [0.29, 0.717) is 43.1 Å². The number of carbonyl (C=O) groups excluding carboxylic acids is 2. The molecule has 9 unspecified atom stereocenters. The SMILES string of the molecule is COc1ccc(C(=O)C2=CC34C=CC25C(CCC2(C)C5CCC2(O)CN(CC2CCCO2)C(=O)Oc2ccc5ccccc5c2)C3(C)CCC(O)C4)cc1. The Morgan fingerprint density at radius 1 is 0.870 bits per heavy atom. The molecule has 3 saturated carbocycles. The molecule has 2 spiro atoms. The van der Waals surface area contributed by atoms with Crippen LogP contribution >= 0.6 is 0 Å². The highest BCUT2D eigenvalue weighted by Crippen LogP contribution is 2.78. The van der Waals surface area contributed by atoms with E-state index < -0.39 is 34.0 Å². The van der Waals surface area contributed by atoms with E-state index >= 15 is 0 Å². The fraction of sp³-hybridized carbons (Fsp3) is 0.522. The fourth-order valence-electron chi connectivity index (χ4n) is 12.4. The Labute approximate surface area is 318 Å². The van der Waals surface area contributed by atoms with E-state index in [1.807, 2.05) is 66.7 Å². The summed E-state index contributed by atoms with van der Waals surface area (Å²) in [5.41, 5.74) is -1.56. The Kier molecular flexibility index (Phi) is 8.46. The summed E-state index contributed by atoms with van der Waals surface area (Å²) >= 11 is 0. The predicted molar refractivity (Wildman–Crippen MR) is 206 cm³/mol. The lowest BCUT2D eigenvalue weighted by atomic mass is 9.32. The molecule has 9 atom stereocenters. The quantitative estimate of drug-likeness (QED) is 0.177. The van der Waals surface area contributed by atoms with E-state index in [1.54, 1.807) is 12.0 Å². The van der Waals surface area contributed by atoms with E-state index in [-0.39, 0.29) is 35.7 Å². The molecule has 3 aromatic rings. The van der Waals surface area contributed by atoms with Crippen LogP contribution in [0, 0.1) is 33.5 Å². The molecule has 10 rings (SSSR count). The second-order valence-electron chi connectivity index (χ2n) is 17.8. The minimum Gasteiger partial charge on any atom is -0.497 e. The van der Waals surface area contributed by atoms with Crippen molar-refractivity contribution >= 4 is 22.6 Å². The first-order chi connectivity index (χ1) is 25.9. The van der Waals surface area contributed by atoms with Crippen LogP contribution in [-0.2, 0) is 4.74 Å². The number of benzene rings is 3. The van der Waals surface area contributed by atoms with Crippen molar-refractivity contribution in [2.45, 2.75) is 89.4 Å². The predicted octanol–water partition coefficient (Wildman–Crippen LogP) is 8.30. The number of allylic oxidation sites excluding steroid dienone is 4. The third-order valence-corrected chi connectivity index (χ3v) is 15.4. The number of amides is 1. The van der Waals surface area contributed by atoms with Crippen molar-refractivity contribution in [3.05, 3.63) is 96.1 Å². The Hall–Kier alpha value is -3.98. The monoisotopic (exact) mass is 731 g/mol. The molecule has 3 aromatic carbocycles. The van der Waals surface area contributed by atoms with Crippen LogP contribution in [0.3, 0.4) is 0 Å². The first-order valence-corrected chi connectivity index (χ1v) is 20.0. The summed E-state index contributed by atoms with van der Waals surface area (Å²) in [6, 6.07) is 21.0. The average molecular weight is 732 g/mol. The van der Waals surface area contributed by atoms with Gasteiger partial charge in [0.05, 0.1) is 38.0 Å². The number of hydrogen-bond acceptors (Lipinski definition) is 7. The molecule has 6 aliphatic carbocycles. The zero-order chi connectivity index (χ0) is 37.5. The molecule has 7 aliphatic rings. The second-order valence-corrected chi connectivity index (χ2v) is 17.8. The van der Waals surface area contributed by atoms with Gasteiger partial charge in [-0.1, -0.05) is 62.4 Å². The van der Waals surface area contributed by atoms with Gasteiger partial charge >= 0.3 is 6.09 Å². The van der Waals surface area contributed by atoms with Crippen LogP contribution in [0.5, 0.6) is 11.5 Å². The summed E-state index contributed by atoms with van der Waals surface area (Å²) in [6.07, 6.45) is 12.7. The molecule has 1 aliphatic heterocycles. The van der Waals surface area contributed by atoms with Crippen molar-refractivity contribution in [1.82, 2.24) is 4.90 Å². The Bertz CT molecular complexity index is 2040. The molecule has 0 radical (unpaired) electrons. The highest BCUT2D eigenvalue weighted by atomic mass is 16.6. The lowest BCUT2D eigenvalue weighted by Gasteiger charge is -2.71. The van der Waals surface area contributed by atoms with Gasteiger partial charge in [-0.3, -0.25) is 4.79 Å². The molecule has 4 fully saturated rings. The van der Waals surface area contributed by atoms with Crippen molar-refractivity contribution < 1.29 is 34.0 Å². The van der Waals surface area contributed by atoms with Crippen LogP contribution in [0.15, 0.2) is 90.5 Å². The number of ketones is 1. The number of aliphatic hydroxyl groups is 2. The maximum Gasteiger partial charge on any atom is 0.415 e. The number of fused-ring (bicyclic) bond motifs is 2. The molecule has 8 heteroatoms. The molecule has 1 saturated heterocycles. The van der Waals surface area contributed by atoms with E-state index in [0.717, 1.165) is 61.3 Å². The van der Waals surface area contributed by atoms with Gasteiger partial charge in [-0.15, -0.1) is 0 Å². The third-order valence-electron chi connectivity index (χ3n) is 15.4. The molecule has 2 N–H and O–H groups in total. The van der Waals surface area contributed by atoms with Gasteiger partial charge in [0.2, 0.25) is 0 Å². The first-order valence-electron chi connectivity index (χ1n) is 20.0. The number of methoxy groups -OCH3 is 1. The van der Waals surface area contributed by atoms with Gasteiger partial charge in [-0.2, -0.15) is 0 Å². The number of rotatable bonds is 8. The zero-order valence-corrected chi connectivity index (χ0v) is 31.8. The lowest BCUT2D eigenvalue weighted by Crippen LogP contribution is -2.67. The summed E-state index contributed by atoms with van der Waals surface area (Å²) in [4.78, 5) is 30.8. The number of nitrogens with zero attached hydrogens (tertiary/aromatic N) is 1. The fourth-order valence-corrected chi connectivity index (χ4v) is 12.4. The van der Waals surface area contributed by atoms with Gasteiger partial charge in [0, 0.05) is 34.0 Å². The lowest BCUT2D eigenvalue weighted by molar-refractivity contribution is -0.175. The summed E-state index contributed by atoms with van der Waals surface area (Å²) in [7, 11) is 1.62. The number of carbonyl (C=O) groups is 2. The van der Waals surface area contributed by atoms with Gasteiger partial charge in [-0.05, 0) is 122 Å². The topological polar surface area (TPSA) is 106 Å². The molecule has 54 heavy (non-hydrogen) atoms. The number of aliphatic hydroxyl groups excluding tert-OH is 1. The molecule has 2 bridgehead atoms. The smallest absolute Gasteiger partial charge is 0.415 e. The maximum absolute atomic E-state index is 14.9. The Morgan fingerprint density at radius 2 is 1.59 bits per heavy atom. The number of ether oxygens (including phenoxy) is 3. The second kappa shape index (κ2) is 12.8. The van der Waals surface area contributed by atoms with E-state index in [4.69, 9.17) is 14.2 Å². The van der Waals surface area contributed by atoms with Crippen LogP contribution in [0.2, 0.25) is 0 Å². The molecule has 1 heterocycles. The van der Waals surface area contributed by atoms with Gasteiger partial charge < -0.3 is 29.3 Å². The largest absolute Gasteiger partial charge is 0.497 e. The molecular formula is C46H53NO7. The standard InChI is InChI=1S/C46H53NO7/c1-42-19-16-33(48)26-44(42)22-23-46(37(27-44)40(49)31-11-13-34(52-3)14-12-31)38(42)17-20-43(2)39(46)18-21-45(43,51)29-47(28-36-9-6-24-53-36)41(50)54-35-15-10-30-7-4-5-8-32(30)25-35/h4-5,7-8,10-15,22-23,25,27,33,36,38-39,48,51H,6,9,16-21,24,26,28-29H2,1-3H3. The Balaban J connectivity index is 1.08.